The van der Waals surface area contributed by atoms with Crippen molar-refractivity contribution in [3.8, 4) is 0 Å². The van der Waals surface area contributed by atoms with Crippen LogP contribution in [-0.2, 0) is 6.54 Å². The van der Waals surface area contributed by atoms with Gasteiger partial charge in [0.05, 0.1) is 12.4 Å². The normalized spacial score (nSPS) is 11.6. The third kappa shape index (κ3) is 4.41. The fourth-order valence-electron chi connectivity index (χ4n) is 2.84. The van der Waals surface area contributed by atoms with Crippen molar-refractivity contribution in [1.29, 1.82) is 0 Å². The lowest BCUT2D eigenvalue weighted by molar-refractivity contribution is 0.0771. The predicted molar refractivity (Wildman–Crippen MR) is 103 cm³/mol. The molecule has 0 aliphatic rings. The molecule has 0 bridgehead atoms. The van der Waals surface area contributed by atoms with Crippen LogP contribution >= 0.6 is 0 Å². The van der Waals surface area contributed by atoms with E-state index in [1.807, 2.05) is 67.6 Å². The van der Waals surface area contributed by atoms with Crippen molar-refractivity contribution in [2.45, 2.75) is 19.5 Å². The summed E-state index contributed by atoms with van der Waals surface area (Å²) in [7, 11) is 1.70. The molecule has 0 fully saturated rings. The van der Waals surface area contributed by atoms with Crippen LogP contribution in [0, 0.1) is 0 Å². The number of nitrogens with one attached hydrogen (secondary N) is 2. The van der Waals surface area contributed by atoms with Crippen LogP contribution < -0.4 is 5.32 Å². The SMILES string of the molecule is C[C@H](NC(=O)c1nc[nH]c1C(=O)N(C)Cc1ccccc1)c1ccccc1. The van der Waals surface area contributed by atoms with Crippen LogP contribution in [-0.4, -0.2) is 33.7 Å². The van der Waals surface area contributed by atoms with Crippen LogP contribution in [0.2, 0.25) is 0 Å². The molecule has 1 heterocycles. The molecule has 0 unspecified atom stereocenters. The molecule has 0 spiro atoms. The third-order valence-corrected chi connectivity index (χ3v) is 4.32. The van der Waals surface area contributed by atoms with E-state index in [4.69, 9.17) is 0 Å². The second-order valence-corrected chi connectivity index (χ2v) is 6.38. The summed E-state index contributed by atoms with van der Waals surface area (Å²) < 4.78 is 0. The molecule has 2 N–H and O–H groups in total. The molecule has 27 heavy (non-hydrogen) atoms. The molecule has 6 heteroatoms. The van der Waals surface area contributed by atoms with Crippen LogP contribution in [0.1, 0.15) is 45.1 Å². The van der Waals surface area contributed by atoms with E-state index in [9.17, 15) is 9.59 Å². The Morgan fingerprint density at radius 1 is 1.07 bits per heavy atom. The highest BCUT2D eigenvalue weighted by Gasteiger charge is 2.24. The van der Waals surface area contributed by atoms with E-state index in [1.54, 1.807) is 11.9 Å². The fourth-order valence-corrected chi connectivity index (χ4v) is 2.84. The average Bonchev–Trinajstić information content (AvgIpc) is 3.18. The first-order valence-electron chi connectivity index (χ1n) is 8.75. The van der Waals surface area contributed by atoms with Gasteiger partial charge in [-0.05, 0) is 18.1 Å². The van der Waals surface area contributed by atoms with E-state index in [0.29, 0.717) is 6.54 Å². The van der Waals surface area contributed by atoms with E-state index in [0.717, 1.165) is 11.1 Å². The quantitative estimate of drug-likeness (QED) is 0.707. The standard InChI is InChI=1S/C21H22N4O2/c1-15(17-11-7-4-8-12-17)24-20(26)18-19(23-14-22-18)21(27)25(2)13-16-9-5-3-6-10-16/h3-12,14-15H,13H2,1-2H3,(H,22,23)(H,24,26)/t15-/m0/s1. The highest BCUT2D eigenvalue weighted by atomic mass is 16.2. The van der Waals surface area contributed by atoms with Crippen molar-refractivity contribution < 1.29 is 9.59 Å². The summed E-state index contributed by atoms with van der Waals surface area (Å²) in [6.07, 6.45) is 1.37. The Hall–Kier alpha value is -3.41. The Bertz CT molecular complexity index is 906. The van der Waals surface area contributed by atoms with Gasteiger partial charge in [0.15, 0.2) is 5.69 Å². The fraction of sp³-hybridized carbons (Fsp3) is 0.190. The van der Waals surface area contributed by atoms with Crippen molar-refractivity contribution >= 4 is 11.8 Å². The number of carbonyl (C=O) groups is 2. The summed E-state index contributed by atoms with van der Waals surface area (Å²) in [5.74, 6) is -0.669. The minimum Gasteiger partial charge on any atom is -0.344 e. The molecule has 2 amide bonds. The van der Waals surface area contributed by atoms with Crippen molar-refractivity contribution in [2.75, 3.05) is 7.05 Å². The van der Waals surface area contributed by atoms with Gasteiger partial charge in [-0.15, -0.1) is 0 Å². The Labute approximate surface area is 158 Å². The molecule has 138 valence electrons. The molecule has 3 aromatic rings. The van der Waals surface area contributed by atoms with Gasteiger partial charge in [0.2, 0.25) is 0 Å². The van der Waals surface area contributed by atoms with Gasteiger partial charge >= 0.3 is 0 Å². The number of nitrogens with zero attached hydrogens (tertiary/aromatic N) is 2. The minimum absolute atomic E-state index is 0.0997. The number of benzene rings is 2. The zero-order chi connectivity index (χ0) is 19.2. The summed E-state index contributed by atoms with van der Waals surface area (Å²) in [6, 6.07) is 19.1. The minimum atomic E-state index is -0.385. The second-order valence-electron chi connectivity index (χ2n) is 6.38. The van der Waals surface area contributed by atoms with Crippen molar-refractivity contribution in [1.82, 2.24) is 20.2 Å². The molecule has 2 aromatic carbocycles. The number of hydrogen-bond donors (Lipinski definition) is 2. The van der Waals surface area contributed by atoms with Gasteiger partial charge in [-0.3, -0.25) is 9.59 Å². The Balaban J connectivity index is 1.71. The number of aromatic nitrogens is 2. The molecular formula is C21H22N4O2. The topological polar surface area (TPSA) is 78.1 Å². The molecular weight excluding hydrogens is 340 g/mol. The summed E-state index contributed by atoms with van der Waals surface area (Å²) in [6.45, 7) is 2.34. The number of H-pyrrole nitrogens is 1. The van der Waals surface area contributed by atoms with Gasteiger partial charge < -0.3 is 15.2 Å². The first kappa shape index (κ1) is 18.4. The summed E-state index contributed by atoms with van der Waals surface area (Å²) in [5.41, 5.74) is 2.28. The van der Waals surface area contributed by atoms with Gasteiger partial charge in [0, 0.05) is 13.6 Å². The average molecular weight is 362 g/mol. The number of hydrogen-bond acceptors (Lipinski definition) is 3. The zero-order valence-corrected chi connectivity index (χ0v) is 15.3. The van der Waals surface area contributed by atoms with Crippen LogP contribution in [0.5, 0.6) is 0 Å². The molecule has 0 aliphatic heterocycles. The number of carbonyl (C=O) groups excluding carboxylic acids is 2. The van der Waals surface area contributed by atoms with Crippen LogP contribution in [0.25, 0.3) is 0 Å². The lowest BCUT2D eigenvalue weighted by Gasteiger charge is -2.18. The Morgan fingerprint density at radius 2 is 1.70 bits per heavy atom. The van der Waals surface area contributed by atoms with Crippen molar-refractivity contribution in [2.24, 2.45) is 0 Å². The summed E-state index contributed by atoms with van der Waals surface area (Å²) >= 11 is 0. The molecule has 1 atom stereocenters. The monoisotopic (exact) mass is 362 g/mol. The number of rotatable bonds is 6. The van der Waals surface area contributed by atoms with Gasteiger partial charge in [0.25, 0.3) is 11.8 Å². The second kappa shape index (κ2) is 8.31. The molecule has 0 radical (unpaired) electrons. The van der Waals surface area contributed by atoms with Crippen molar-refractivity contribution in [3.63, 3.8) is 0 Å². The van der Waals surface area contributed by atoms with Gasteiger partial charge in [0.1, 0.15) is 5.69 Å². The zero-order valence-electron chi connectivity index (χ0n) is 15.3. The molecule has 3 rings (SSSR count). The number of aromatic amines is 1. The van der Waals surface area contributed by atoms with E-state index in [2.05, 4.69) is 15.3 Å². The maximum Gasteiger partial charge on any atom is 0.272 e. The van der Waals surface area contributed by atoms with E-state index < -0.39 is 0 Å². The summed E-state index contributed by atoms with van der Waals surface area (Å²) in [4.78, 5) is 33.8. The molecule has 0 aliphatic carbocycles. The molecule has 1 aromatic heterocycles. The number of imidazole rings is 1. The highest BCUT2D eigenvalue weighted by molar-refractivity contribution is 6.04. The predicted octanol–water partition coefficient (Wildman–Crippen LogP) is 3.17. The third-order valence-electron chi connectivity index (χ3n) is 4.32. The van der Waals surface area contributed by atoms with Crippen LogP contribution in [0.3, 0.4) is 0 Å². The Morgan fingerprint density at radius 3 is 2.37 bits per heavy atom. The van der Waals surface area contributed by atoms with Crippen LogP contribution in [0.4, 0.5) is 0 Å². The van der Waals surface area contributed by atoms with Gasteiger partial charge in [-0.1, -0.05) is 60.7 Å². The maximum absolute atomic E-state index is 12.8. The lowest BCUT2D eigenvalue weighted by Crippen LogP contribution is -2.32. The maximum atomic E-state index is 12.8. The van der Waals surface area contributed by atoms with Crippen LogP contribution in [0.15, 0.2) is 67.0 Å². The molecule has 6 nitrogen and oxygen atoms in total. The van der Waals surface area contributed by atoms with Gasteiger partial charge in [-0.2, -0.15) is 0 Å². The largest absolute Gasteiger partial charge is 0.344 e. The summed E-state index contributed by atoms with van der Waals surface area (Å²) in [5, 5.41) is 2.89. The lowest BCUT2D eigenvalue weighted by atomic mass is 10.1. The van der Waals surface area contributed by atoms with E-state index >= 15 is 0 Å². The number of amides is 2. The first-order chi connectivity index (χ1) is 13.1. The first-order valence-corrected chi connectivity index (χ1v) is 8.75. The van der Waals surface area contributed by atoms with E-state index in [1.165, 1.54) is 6.33 Å². The van der Waals surface area contributed by atoms with Gasteiger partial charge in [-0.25, -0.2) is 4.98 Å². The highest BCUT2D eigenvalue weighted by Crippen LogP contribution is 2.14. The van der Waals surface area contributed by atoms with E-state index in [-0.39, 0.29) is 29.2 Å². The molecule has 0 saturated carbocycles. The Kier molecular flexibility index (Phi) is 5.66. The molecule has 0 saturated heterocycles. The smallest absolute Gasteiger partial charge is 0.272 e. The van der Waals surface area contributed by atoms with Crippen molar-refractivity contribution in [3.05, 3.63) is 89.5 Å².